The zero-order valence-electron chi connectivity index (χ0n) is 8.65. The van der Waals surface area contributed by atoms with Crippen LogP contribution in [-0.4, -0.2) is 22.9 Å². The summed E-state index contributed by atoms with van der Waals surface area (Å²) < 4.78 is 6.23. The number of esters is 1. The Hall–Kier alpha value is -1.36. The zero-order chi connectivity index (χ0) is 10.7. The summed E-state index contributed by atoms with van der Waals surface area (Å²) in [6.45, 7) is 1.92. The van der Waals surface area contributed by atoms with E-state index < -0.39 is 0 Å². The highest BCUT2D eigenvalue weighted by Crippen LogP contribution is 2.17. The quantitative estimate of drug-likeness (QED) is 0.707. The SMILES string of the molecule is COC(=O)C[C@H](N)c1c(C)cnn1C. The number of carbonyl (C=O) groups excluding carboxylic acids is 1. The third-order valence-corrected chi connectivity index (χ3v) is 2.14. The van der Waals surface area contributed by atoms with Gasteiger partial charge in [-0.15, -0.1) is 0 Å². The summed E-state index contributed by atoms with van der Waals surface area (Å²) in [7, 11) is 3.16. The second kappa shape index (κ2) is 4.23. The van der Waals surface area contributed by atoms with E-state index in [-0.39, 0.29) is 18.4 Å². The van der Waals surface area contributed by atoms with Crippen molar-refractivity contribution in [3.63, 3.8) is 0 Å². The second-order valence-electron chi connectivity index (χ2n) is 3.22. The molecule has 0 aliphatic carbocycles. The molecule has 0 aromatic carbocycles. The standard InChI is InChI=1S/C9H15N3O2/c1-6-5-11-12(2)9(6)7(10)4-8(13)14-3/h5,7H,4,10H2,1-3H3/t7-/m0/s1. The molecule has 0 radical (unpaired) electrons. The minimum atomic E-state index is -0.352. The lowest BCUT2D eigenvalue weighted by atomic mass is 10.1. The van der Waals surface area contributed by atoms with E-state index >= 15 is 0 Å². The molecule has 1 rings (SSSR count). The number of hydrogen-bond donors (Lipinski definition) is 1. The van der Waals surface area contributed by atoms with E-state index in [1.54, 1.807) is 17.9 Å². The molecule has 78 valence electrons. The highest BCUT2D eigenvalue weighted by molar-refractivity contribution is 5.70. The van der Waals surface area contributed by atoms with Crippen molar-refractivity contribution in [1.82, 2.24) is 9.78 Å². The normalized spacial score (nSPS) is 12.6. The van der Waals surface area contributed by atoms with Gasteiger partial charge in [-0.3, -0.25) is 9.48 Å². The van der Waals surface area contributed by atoms with Crippen molar-refractivity contribution in [3.8, 4) is 0 Å². The Kier molecular flexibility index (Phi) is 3.24. The van der Waals surface area contributed by atoms with Crippen LogP contribution in [-0.2, 0) is 16.6 Å². The van der Waals surface area contributed by atoms with E-state index in [2.05, 4.69) is 9.84 Å². The maximum absolute atomic E-state index is 11.0. The smallest absolute Gasteiger partial charge is 0.307 e. The Bertz CT molecular complexity index is 313. The van der Waals surface area contributed by atoms with Gasteiger partial charge in [0, 0.05) is 7.05 Å². The fourth-order valence-electron chi connectivity index (χ4n) is 1.45. The number of aryl methyl sites for hydroxylation is 2. The summed E-state index contributed by atoms with van der Waals surface area (Å²) in [5, 5.41) is 4.05. The number of carbonyl (C=O) groups is 1. The number of nitrogens with zero attached hydrogens (tertiary/aromatic N) is 2. The summed E-state index contributed by atoms with van der Waals surface area (Å²) in [5.74, 6) is -0.307. The van der Waals surface area contributed by atoms with Crippen molar-refractivity contribution in [2.24, 2.45) is 12.8 Å². The van der Waals surface area contributed by atoms with E-state index in [0.717, 1.165) is 11.3 Å². The van der Waals surface area contributed by atoms with Gasteiger partial charge >= 0.3 is 5.97 Å². The van der Waals surface area contributed by atoms with Crippen LogP contribution in [0, 0.1) is 6.92 Å². The summed E-state index contributed by atoms with van der Waals surface area (Å²) in [4.78, 5) is 11.0. The molecule has 0 aliphatic rings. The van der Waals surface area contributed by atoms with Crippen LogP contribution in [0.1, 0.15) is 23.7 Å². The van der Waals surface area contributed by atoms with Crippen molar-refractivity contribution in [2.75, 3.05) is 7.11 Å². The summed E-state index contributed by atoms with van der Waals surface area (Å²) >= 11 is 0. The van der Waals surface area contributed by atoms with Gasteiger partial charge in [0.1, 0.15) is 0 Å². The molecule has 0 saturated heterocycles. The molecule has 0 fully saturated rings. The minimum Gasteiger partial charge on any atom is -0.469 e. The first-order valence-corrected chi connectivity index (χ1v) is 4.37. The van der Waals surface area contributed by atoms with Crippen molar-refractivity contribution >= 4 is 5.97 Å². The highest BCUT2D eigenvalue weighted by atomic mass is 16.5. The molecule has 1 aromatic rings. The molecule has 1 heterocycles. The van der Waals surface area contributed by atoms with Crippen LogP contribution < -0.4 is 5.73 Å². The van der Waals surface area contributed by atoms with Gasteiger partial charge in [0.15, 0.2) is 0 Å². The van der Waals surface area contributed by atoms with Gasteiger partial charge in [0.2, 0.25) is 0 Å². The fraction of sp³-hybridized carbons (Fsp3) is 0.556. The Balaban J connectivity index is 2.78. The molecule has 1 aromatic heterocycles. The van der Waals surface area contributed by atoms with Gasteiger partial charge in [0.05, 0.1) is 31.5 Å². The predicted molar refractivity (Wildman–Crippen MR) is 51.5 cm³/mol. The topological polar surface area (TPSA) is 70.1 Å². The van der Waals surface area contributed by atoms with Crippen LogP contribution in [0.25, 0.3) is 0 Å². The van der Waals surface area contributed by atoms with Crippen LogP contribution in [0.2, 0.25) is 0 Å². The van der Waals surface area contributed by atoms with E-state index in [0.29, 0.717) is 0 Å². The van der Waals surface area contributed by atoms with E-state index in [1.165, 1.54) is 7.11 Å². The molecule has 0 amide bonds. The minimum absolute atomic E-state index is 0.177. The predicted octanol–water partition coefficient (Wildman–Crippen LogP) is 0.291. The van der Waals surface area contributed by atoms with E-state index in [1.807, 2.05) is 6.92 Å². The van der Waals surface area contributed by atoms with Crippen LogP contribution in [0.3, 0.4) is 0 Å². The molecule has 0 unspecified atom stereocenters. The van der Waals surface area contributed by atoms with Gasteiger partial charge < -0.3 is 10.5 Å². The Morgan fingerprint density at radius 3 is 2.86 bits per heavy atom. The van der Waals surface area contributed by atoms with Crippen LogP contribution >= 0.6 is 0 Å². The lowest BCUT2D eigenvalue weighted by molar-refractivity contribution is -0.141. The van der Waals surface area contributed by atoms with Crippen LogP contribution in [0.4, 0.5) is 0 Å². The van der Waals surface area contributed by atoms with Crippen molar-refractivity contribution in [1.29, 1.82) is 0 Å². The Labute approximate surface area is 82.8 Å². The third-order valence-electron chi connectivity index (χ3n) is 2.14. The number of rotatable bonds is 3. The number of nitrogens with two attached hydrogens (primary N) is 1. The first-order chi connectivity index (χ1) is 6.56. The molecule has 0 saturated carbocycles. The van der Waals surface area contributed by atoms with Gasteiger partial charge in [-0.05, 0) is 12.5 Å². The summed E-state index contributed by atoms with van der Waals surface area (Å²) in [6.07, 6.45) is 1.91. The molecule has 2 N–H and O–H groups in total. The average molecular weight is 197 g/mol. The maximum atomic E-state index is 11.0. The van der Waals surface area contributed by atoms with E-state index in [9.17, 15) is 4.79 Å². The molecule has 5 nitrogen and oxygen atoms in total. The molecule has 0 bridgehead atoms. The lowest BCUT2D eigenvalue weighted by Crippen LogP contribution is -2.20. The third kappa shape index (κ3) is 2.11. The van der Waals surface area contributed by atoms with Crippen LogP contribution in [0.5, 0.6) is 0 Å². The van der Waals surface area contributed by atoms with Crippen molar-refractivity contribution in [2.45, 2.75) is 19.4 Å². The molecule has 0 spiro atoms. The van der Waals surface area contributed by atoms with Gasteiger partial charge in [-0.2, -0.15) is 5.10 Å². The van der Waals surface area contributed by atoms with Crippen molar-refractivity contribution < 1.29 is 9.53 Å². The fourth-order valence-corrected chi connectivity index (χ4v) is 1.45. The maximum Gasteiger partial charge on any atom is 0.307 e. The van der Waals surface area contributed by atoms with Gasteiger partial charge in [-0.1, -0.05) is 0 Å². The Morgan fingerprint density at radius 1 is 1.79 bits per heavy atom. The van der Waals surface area contributed by atoms with Crippen LogP contribution in [0.15, 0.2) is 6.20 Å². The monoisotopic (exact) mass is 197 g/mol. The first-order valence-electron chi connectivity index (χ1n) is 4.37. The largest absolute Gasteiger partial charge is 0.469 e. The van der Waals surface area contributed by atoms with Crippen molar-refractivity contribution in [3.05, 3.63) is 17.5 Å². The average Bonchev–Trinajstić information content (AvgIpc) is 2.46. The molecule has 5 heteroatoms. The number of hydrogen-bond acceptors (Lipinski definition) is 4. The molecule has 1 atom stereocenters. The lowest BCUT2D eigenvalue weighted by Gasteiger charge is -2.11. The zero-order valence-corrected chi connectivity index (χ0v) is 8.65. The number of methoxy groups -OCH3 is 1. The molecular weight excluding hydrogens is 182 g/mol. The highest BCUT2D eigenvalue weighted by Gasteiger charge is 2.17. The molecule has 0 aliphatic heterocycles. The molecule has 14 heavy (non-hydrogen) atoms. The number of aromatic nitrogens is 2. The number of ether oxygens (including phenoxy) is 1. The van der Waals surface area contributed by atoms with Gasteiger partial charge in [0.25, 0.3) is 0 Å². The van der Waals surface area contributed by atoms with E-state index in [4.69, 9.17) is 5.73 Å². The van der Waals surface area contributed by atoms with Gasteiger partial charge in [-0.25, -0.2) is 0 Å². The summed E-state index contributed by atoms with van der Waals surface area (Å²) in [6, 6.07) is -0.352. The second-order valence-corrected chi connectivity index (χ2v) is 3.22. The summed E-state index contributed by atoms with van der Waals surface area (Å²) in [5.41, 5.74) is 7.72. The molecular formula is C9H15N3O2. The first kappa shape index (κ1) is 10.7. The Morgan fingerprint density at radius 2 is 2.43 bits per heavy atom.